The van der Waals surface area contributed by atoms with Crippen LogP contribution in [-0.2, 0) is 4.79 Å². The fourth-order valence-corrected chi connectivity index (χ4v) is 2.95. The SMILES string of the molecule is COc1cccc(C(C)C(=O)N2CCCC2(CO)CO)c1. The number of amides is 1. The molecule has 0 radical (unpaired) electrons. The number of carbonyl (C=O) groups excluding carboxylic acids is 1. The van der Waals surface area contributed by atoms with Crippen molar-refractivity contribution in [2.24, 2.45) is 0 Å². The molecule has 2 N–H and O–H groups in total. The van der Waals surface area contributed by atoms with Gasteiger partial charge in [-0.25, -0.2) is 0 Å². The van der Waals surface area contributed by atoms with Crippen molar-refractivity contribution in [2.75, 3.05) is 26.9 Å². The van der Waals surface area contributed by atoms with Crippen molar-refractivity contribution in [3.63, 3.8) is 0 Å². The van der Waals surface area contributed by atoms with E-state index in [-0.39, 0.29) is 25.0 Å². The number of carbonyl (C=O) groups is 1. The van der Waals surface area contributed by atoms with Gasteiger partial charge in [0, 0.05) is 6.54 Å². The van der Waals surface area contributed by atoms with Gasteiger partial charge in [-0.05, 0) is 37.5 Å². The Kier molecular flexibility index (Phi) is 4.85. The predicted molar refractivity (Wildman–Crippen MR) is 79.3 cm³/mol. The second-order valence-electron chi connectivity index (χ2n) is 5.63. The van der Waals surface area contributed by atoms with Gasteiger partial charge in [0.25, 0.3) is 0 Å². The van der Waals surface area contributed by atoms with Crippen molar-refractivity contribution < 1.29 is 19.7 Å². The van der Waals surface area contributed by atoms with E-state index < -0.39 is 5.54 Å². The van der Waals surface area contributed by atoms with Crippen molar-refractivity contribution in [3.8, 4) is 5.75 Å². The normalized spacial score (nSPS) is 18.6. The summed E-state index contributed by atoms with van der Waals surface area (Å²) >= 11 is 0. The van der Waals surface area contributed by atoms with Crippen molar-refractivity contribution in [1.29, 1.82) is 0 Å². The van der Waals surface area contributed by atoms with Crippen molar-refractivity contribution in [2.45, 2.75) is 31.2 Å². The highest BCUT2D eigenvalue weighted by atomic mass is 16.5. The van der Waals surface area contributed by atoms with E-state index in [1.807, 2.05) is 31.2 Å². The van der Waals surface area contributed by atoms with E-state index >= 15 is 0 Å². The van der Waals surface area contributed by atoms with Gasteiger partial charge in [-0.3, -0.25) is 4.79 Å². The molecule has 0 aromatic heterocycles. The zero-order valence-electron chi connectivity index (χ0n) is 12.6. The molecule has 1 aromatic rings. The van der Waals surface area contributed by atoms with Gasteiger partial charge in [0.05, 0.1) is 31.8 Å². The van der Waals surface area contributed by atoms with Gasteiger partial charge in [0.1, 0.15) is 5.75 Å². The number of aliphatic hydroxyl groups is 2. The van der Waals surface area contributed by atoms with Crippen molar-refractivity contribution in [1.82, 2.24) is 4.90 Å². The van der Waals surface area contributed by atoms with Crippen LogP contribution in [0.4, 0.5) is 0 Å². The lowest BCUT2D eigenvalue weighted by Gasteiger charge is -2.37. The summed E-state index contributed by atoms with van der Waals surface area (Å²) in [6, 6.07) is 7.43. The van der Waals surface area contributed by atoms with E-state index in [1.54, 1.807) is 12.0 Å². The van der Waals surface area contributed by atoms with Crippen LogP contribution >= 0.6 is 0 Å². The molecule has 1 fully saturated rings. The number of ether oxygens (including phenoxy) is 1. The Bertz CT molecular complexity index is 499. The number of benzene rings is 1. The maximum Gasteiger partial charge on any atom is 0.230 e. The second kappa shape index (κ2) is 6.45. The molecule has 1 amide bonds. The maximum absolute atomic E-state index is 12.7. The molecule has 0 aliphatic carbocycles. The average molecular weight is 293 g/mol. The third-order valence-electron chi connectivity index (χ3n) is 4.42. The maximum atomic E-state index is 12.7. The Morgan fingerprint density at radius 1 is 1.43 bits per heavy atom. The average Bonchev–Trinajstić information content (AvgIpc) is 2.97. The van der Waals surface area contributed by atoms with E-state index in [4.69, 9.17) is 4.74 Å². The van der Waals surface area contributed by atoms with Crippen LogP contribution in [0.1, 0.15) is 31.2 Å². The van der Waals surface area contributed by atoms with E-state index in [1.165, 1.54) is 0 Å². The Hall–Kier alpha value is -1.59. The van der Waals surface area contributed by atoms with Gasteiger partial charge < -0.3 is 19.8 Å². The number of methoxy groups -OCH3 is 1. The molecule has 2 rings (SSSR count). The van der Waals surface area contributed by atoms with E-state index in [2.05, 4.69) is 0 Å². The number of nitrogens with zero attached hydrogens (tertiary/aromatic N) is 1. The Labute approximate surface area is 125 Å². The predicted octanol–water partition coefficient (Wildman–Crippen LogP) is 1.14. The van der Waals surface area contributed by atoms with Crippen molar-refractivity contribution in [3.05, 3.63) is 29.8 Å². The van der Waals surface area contributed by atoms with E-state index in [0.29, 0.717) is 18.7 Å². The molecule has 0 saturated carbocycles. The highest BCUT2D eigenvalue weighted by Gasteiger charge is 2.44. The van der Waals surface area contributed by atoms with Crippen LogP contribution in [0.25, 0.3) is 0 Å². The van der Waals surface area contributed by atoms with Crippen molar-refractivity contribution >= 4 is 5.91 Å². The molecule has 1 aromatic carbocycles. The monoisotopic (exact) mass is 293 g/mol. The van der Waals surface area contributed by atoms with Gasteiger partial charge in [0.2, 0.25) is 5.91 Å². The molecule has 116 valence electrons. The van der Waals surface area contributed by atoms with Gasteiger partial charge in [0.15, 0.2) is 0 Å². The van der Waals surface area contributed by atoms with Gasteiger partial charge in [-0.2, -0.15) is 0 Å². The van der Waals surface area contributed by atoms with E-state index in [0.717, 1.165) is 12.0 Å². The highest BCUT2D eigenvalue weighted by molar-refractivity contribution is 5.84. The Balaban J connectivity index is 2.22. The number of hydrogen-bond donors (Lipinski definition) is 2. The molecule has 0 bridgehead atoms. The molecule has 5 nitrogen and oxygen atoms in total. The van der Waals surface area contributed by atoms with Crippen LogP contribution < -0.4 is 4.74 Å². The minimum atomic E-state index is -0.815. The molecular formula is C16H23NO4. The lowest BCUT2D eigenvalue weighted by molar-refractivity contribution is -0.140. The van der Waals surface area contributed by atoms with Crippen LogP contribution in [-0.4, -0.2) is 53.4 Å². The van der Waals surface area contributed by atoms with Crippen LogP contribution in [0.15, 0.2) is 24.3 Å². The molecule has 1 unspecified atom stereocenters. The lowest BCUT2D eigenvalue weighted by Crippen LogP contribution is -2.53. The fourth-order valence-electron chi connectivity index (χ4n) is 2.95. The summed E-state index contributed by atoms with van der Waals surface area (Å²) < 4.78 is 5.19. The fraction of sp³-hybridized carbons (Fsp3) is 0.562. The quantitative estimate of drug-likeness (QED) is 0.854. The molecule has 1 aliphatic rings. The summed E-state index contributed by atoms with van der Waals surface area (Å²) in [6.07, 6.45) is 1.44. The second-order valence-corrected chi connectivity index (χ2v) is 5.63. The number of rotatable bonds is 5. The van der Waals surface area contributed by atoms with Crippen LogP contribution in [0.3, 0.4) is 0 Å². The molecule has 5 heteroatoms. The first-order valence-electron chi connectivity index (χ1n) is 7.25. The lowest BCUT2D eigenvalue weighted by atomic mass is 9.94. The first-order chi connectivity index (χ1) is 10.1. The summed E-state index contributed by atoms with van der Waals surface area (Å²) in [7, 11) is 1.59. The molecule has 1 aliphatic heterocycles. The minimum absolute atomic E-state index is 0.0659. The van der Waals surface area contributed by atoms with Crippen LogP contribution in [0, 0.1) is 0 Å². The summed E-state index contributed by atoms with van der Waals surface area (Å²) in [5, 5.41) is 19.2. The molecule has 0 spiro atoms. The third-order valence-corrected chi connectivity index (χ3v) is 4.42. The largest absolute Gasteiger partial charge is 0.497 e. The zero-order chi connectivity index (χ0) is 15.5. The first kappa shape index (κ1) is 15.8. The summed E-state index contributed by atoms with van der Waals surface area (Å²) in [4.78, 5) is 14.4. The summed E-state index contributed by atoms with van der Waals surface area (Å²) in [5.41, 5.74) is 0.0561. The number of hydrogen-bond acceptors (Lipinski definition) is 4. The smallest absolute Gasteiger partial charge is 0.230 e. The molecule has 1 saturated heterocycles. The summed E-state index contributed by atoms with van der Waals surface area (Å²) in [6.45, 7) is 2.00. The summed E-state index contributed by atoms with van der Waals surface area (Å²) in [5.74, 6) is 0.309. The van der Waals surface area contributed by atoms with Crippen LogP contribution in [0.2, 0.25) is 0 Å². The van der Waals surface area contributed by atoms with E-state index in [9.17, 15) is 15.0 Å². The van der Waals surface area contributed by atoms with Gasteiger partial charge >= 0.3 is 0 Å². The molecule has 21 heavy (non-hydrogen) atoms. The standard InChI is InChI=1S/C16H23NO4/c1-12(13-5-3-6-14(9-13)21-2)15(20)17-8-4-7-16(17,10-18)11-19/h3,5-6,9,12,18-19H,4,7-8,10-11H2,1-2H3. The molecular weight excluding hydrogens is 270 g/mol. The van der Waals surface area contributed by atoms with Crippen LogP contribution in [0.5, 0.6) is 5.75 Å². The third kappa shape index (κ3) is 2.89. The highest BCUT2D eigenvalue weighted by Crippen LogP contribution is 2.32. The molecule has 1 heterocycles. The topological polar surface area (TPSA) is 70.0 Å². The first-order valence-corrected chi connectivity index (χ1v) is 7.25. The van der Waals surface area contributed by atoms with Gasteiger partial charge in [-0.1, -0.05) is 12.1 Å². The number of aliphatic hydroxyl groups excluding tert-OH is 2. The Morgan fingerprint density at radius 2 is 2.14 bits per heavy atom. The Morgan fingerprint density at radius 3 is 2.76 bits per heavy atom. The molecule has 1 atom stereocenters. The zero-order valence-corrected chi connectivity index (χ0v) is 12.6. The van der Waals surface area contributed by atoms with Gasteiger partial charge in [-0.15, -0.1) is 0 Å². The number of likely N-dealkylation sites (tertiary alicyclic amines) is 1. The minimum Gasteiger partial charge on any atom is -0.497 e.